The molecule has 0 unspecified atom stereocenters. The highest BCUT2D eigenvalue weighted by molar-refractivity contribution is 7.89. The largest absolute Gasteiger partial charge is 0.497 e. The third kappa shape index (κ3) is 6.41. The molecule has 1 heterocycles. The number of ether oxygens (including phenoxy) is 1. The van der Waals surface area contributed by atoms with Crippen LogP contribution in [0.4, 0.5) is 0 Å². The summed E-state index contributed by atoms with van der Waals surface area (Å²) in [5.41, 5.74) is 0. The molecule has 0 bridgehead atoms. The van der Waals surface area contributed by atoms with Gasteiger partial charge in [-0.2, -0.15) is 4.31 Å². The molecule has 1 aliphatic heterocycles. The molecule has 2 amide bonds. The monoisotopic (exact) mass is 427 g/mol. The van der Waals surface area contributed by atoms with Crippen LogP contribution in [-0.4, -0.2) is 78.0 Å². The SMILES string of the molecule is COc1ccc(S(=O)(=O)N2CCC[C@H]2CNC(=O)C(=O)NCCC[NH+](C)C)cc1. The molecular formula is C19H31N4O5S+. The molecule has 2 rings (SSSR count). The van der Waals surface area contributed by atoms with Crippen LogP contribution in [0.15, 0.2) is 29.2 Å². The molecule has 0 radical (unpaired) electrons. The average molecular weight is 428 g/mol. The van der Waals surface area contributed by atoms with Crippen LogP contribution in [0.25, 0.3) is 0 Å². The molecule has 0 saturated carbocycles. The standard InChI is InChI=1S/C19H30N4O5S/c1-22(2)12-5-11-20-18(24)19(25)21-14-15-6-4-13-23(15)29(26,27)17-9-7-16(28-3)8-10-17/h7-10,15H,4-6,11-14H2,1-3H3,(H,20,24)(H,21,25)/p+1/t15-/m0/s1. The molecule has 1 aliphatic rings. The normalized spacial score (nSPS) is 17.3. The fourth-order valence-corrected chi connectivity index (χ4v) is 4.92. The summed E-state index contributed by atoms with van der Waals surface area (Å²) >= 11 is 0. The lowest BCUT2D eigenvalue weighted by molar-refractivity contribution is -0.858. The first-order chi connectivity index (χ1) is 13.8. The lowest BCUT2D eigenvalue weighted by atomic mass is 10.2. The summed E-state index contributed by atoms with van der Waals surface area (Å²) in [5, 5.41) is 5.15. The van der Waals surface area contributed by atoms with Crippen LogP contribution in [0.1, 0.15) is 19.3 Å². The second kappa shape index (κ2) is 10.6. The Hall–Kier alpha value is -2.17. The first-order valence-corrected chi connectivity index (χ1v) is 11.2. The van der Waals surface area contributed by atoms with E-state index in [1.807, 2.05) is 14.1 Å². The van der Waals surface area contributed by atoms with Crippen LogP contribution >= 0.6 is 0 Å². The average Bonchev–Trinajstić information content (AvgIpc) is 3.18. The fourth-order valence-electron chi connectivity index (χ4n) is 3.23. The van der Waals surface area contributed by atoms with Crippen molar-refractivity contribution in [3.63, 3.8) is 0 Å². The van der Waals surface area contributed by atoms with Gasteiger partial charge in [-0.05, 0) is 37.1 Å². The minimum Gasteiger partial charge on any atom is -0.497 e. The Balaban J connectivity index is 1.90. The lowest BCUT2D eigenvalue weighted by Crippen LogP contribution is -3.05. The van der Waals surface area contributed by atoms with Crippen LogP contribution in [0.3, 0.4) is 0 Å². The highest BCUT2D eigenvalue weighted by Crippen LogP contribution is 2.26. The Labute approximate surface area is 172 Å². The molecule has 1 atom stereocenters. The predicted octanol–water partition coefficient (Wildman–Crippen LogP) is -1.38. The number of quaternary nitrogens is 1. The van der Waals surface area contributed by atoms with Gasteiger partial charge in [0.25, 0.3) is 0 Å². The number of carbonyl (C=O) groups excluding carboxylic acids is 2. The van der Waals surface area contributed by atoms with Gasteiger partial charge in [-0.3, -0.25) is 9.59 Å². The first-order valence-electron chi connectivity index (χ1n) is 9.76. The van der Waals surface area contributed by atoms with Crippen molar-refractivity contribution in [3.8, 4) is 5.75 Å². The smallest absolute Gasteiger partial charge is 0.309 e. The molecule has 1 fully saturated rings. The first kappa shape index (κ1) is 23.1. The molecule has 29 heavy (non-hydrogen) atoms. The number of hydrogen-bond donors (Lipinski definition) is 3. The van der Waals surface area contributed by atoms with E-state index in [0.717, 1.165) is 13.0 Å². The Bertz CT molecular complexity index is 795. The van der Waals surface area contributed by atoms with Crippen molar-refractivity contribution in [3.05, 3.63) is 24.3 Å². The summed E-state index contributed by atoms with van der Waals surface area (Å²) in [6.45, 7) is 1.80. The van der Waals surface area contributed by atoms with Gasteiger partial charge in [-0.15, -0.1) is 0 Å². The Morgan fingerprint density at radius 1 is 1.17 bits per heavy atom. The summed E-state index contributed by atoms with van der Waals surface area (Å²) in [4.78, 5) is 25.3. The zero-order chi connectivity index (χ0) is 21.4. The van der Waals surface area contributed by atoms with Crippen LogP contribution in [0.5, 0.6) is 5.75 Å². The van der Waals surface area contributed by atoms with Gasteiger partial charge in [0.15, 0.2) is 0 Å². The number of nitrogens with zero attached hydrogens (tertiary/aromatic N) is 1. The third-order valence-electron chi connectivity index (χ3n) is 4.83. The van der Waals surface area contributed by atoms with E-state index in [0.29, 0.717) is 31.7 Å². The Morgan fingerprint density at radius 3 is 2.45 bits per heavy atom. The van der Waals surface area contributed by atoms with Crippen LogP contribution in [-0.2, 0) is 19.6 Å². The maximum atomic E-state index is 12.9. The summed E-state index contributed by atoms with van der Waals surface area (Å²) in [5.74, 6) is -0.857. The van der Waals surface area contributed by atoms with Gasteiger partial charge < -0.3 is 20.3 Å². The minimum absolute atomic E-state index is 0.101. The van der Waals surface area contributed by atoms with Gasteiger partial charge >= 0.3 is 11.8 Å². The summed E-state index contributed by atoms with van der Waals surface area (Å²) in [6, 6.07) is 5.83. The zero-order valence-electron chi connectivity index (χ0n) is 17.2. The lowest BCUT2D eigenvalue weighted by Gasteiger charge is -2.24. The molecule has 0 spiro atoms. The molecular weight excluding hydrogens is 396 g/mol. The van der Waals surface area contributed by atoms with Gasteiger partial charge in [0.2, 0.25) is 10.0 Å². The molecule has 3 N–H and O–H groups in total. The van der Waals surface area contributed by atoms with Crippen molar-refractivity contribution in [2.75, 3.05) is 47.4 Å². The van der Waals surface area contributed by atoms with Crippen molar-refractivity contribution in [1.29, 1.82) is 0 Å². The molecule has 0 aliphatic carbocycles. The third-order valence-corrected chi connectivity index (χ3v) is 6.80. The number of carbonyl (C=O) groups is 2. The van der Waals surface area contributed by atoms with Crippen molar-refractivity contribution in [1.82, 2.24) is 14.9 Å². The van der Waals surface area contributed by atoms with Gasteiger partial charge in [0, 0.05) is 32.1 Å². The fraction of sp³-hybridized carbons (Fsp3) is 0.579. The molecule has 162 valence electrons. The van der Waals surface area contributed by atoms with E-state index in [9.17, 15) is 18.0 Å². The van der Waals surface area contributed by atoms with Gasteiger partial charge in [-0.1, -0.05) is 0 Å². The van der Waals surface area contributed by atoms with E-state index >= 15 is 0 Å². The quantitative estimate of drug-likeness (QED) is 0.332. The molecule has 1 saturated heterocycles. The molecule has 10 heteroatoms. The number of benzene rings is 1. The second-order valence-electron chi connectivity index (χ2n) is 7.36. The van der Waals surface area contributed by atoms with Crippen LogP contribution in [0.2, 0.25) is 0 Å². The number of rotatable bonds is 9. The number of methoxy groups -OCH3 is 1. The molecule has 1 aromatic carbocycles. The topological polar surface area (TPSA) is 109 Å². The number of sulfonamides is 1. The van der Waals surface area contributed by atoms with E-state index in [1.165, 1.54) is 28.4 Å². The van der Waals surface area contributed by atoms with Crippen molar-refractivity contribution in [2.45, 2.75) is 30.2 Å². The Kier molecular flexibility index (Phi) is 8.42. The molecule has 9 nitrogen and oxygen atoms in total. The second-order valence-corrected chi connectivity index (χ2v) is 9.25. The summed E-state index contributed by atoms with van der Waals surface area (Å²) in [6.07, 6.45) is 2.11. The van der Waals surface area contributed by atoms with E-state index in [-0.39, 0.29) is 17.5 Å². The number of hydrogen-bond acceptors (Lipinski definition) is 5. The molecule has 0 aromatic heterocycles. The Morgan fingerprint density at radius 2 is 1.83 bits per heavy atom. The predicted molar refractivity (Wildman–Crippen MR) is 108 cm³/mol. The van der Waals surface area contributed by atoms with Gasteiger partial charge in [0.05, 0.1) is 32.6 Å². The van der Waals surface area contributed by atoms with Gasteiger partial charge in [0.1, 0.15) is 5.75 Å². The van der Waals surface area contributed by atoms with E-state index in [2.05, 4.69) is 10.6 Å². The highest BCUT2D eigenvalue weighted by Gasteiger charge is 2.35. The van der Waals surface area contributed by atoms with Crippen LogP contribution in [0, 0.1) is 0 Å². The summed E-state index contributed by atoms with van der Waals surface area (Å²) < 4.78 is 32.4. The number of nitrogens with one attached hydrogen (secondary N) is 3. The van der Waals surface area contributed by atoms with Crippen molar-refractivity contribution < 1.29 is 27.6 Å². The number of amides is 2. The maximum absolute atomic E-state index is 12.9. The van der Waals surface area contributed by atoms with Crippen molar-refractivity contribution >= 4 is 21.8 Å². The van der Waals surface area contributed by atoms with E-state index < -0.39 is 21.8 Å². The summed E-state index contributed by atoms with van der Waals surface area (Å²) in [7, 11) is 1.86. The van der Waals surface area contributed by atoms with Gasteiger partial charge in [-0.25, -0.2) is 8.42 Å². The highest BCUT2D eigenvalue weighted by atomic mass is 32.2. The van der Waals surface area contributed by atoms with E-state index in [4.69, 9.17) is 4.74 Å². The van der Waals surface area contributed by atoms with Crippen LogP contribution < -0.4 is 20.3 Å². The minimum atomic E-state index is -3.68. The van der Waals surface area contributed by atoms with Crippen molar-refractivity contribution in [2.24, 2.45) is 0 Å². The zero-order valence-corrected chi connectivity index (χ0v) is 18.0. The van der Waals surface area contributed by atoms with E-state index in [1.54, 1.807) is 12.1 Å². The maximum Gasteiger partial charge on any atom is 0.309 e. The molecule has 1 aromatic rings.